The summed E-state index contributed by atoms with van der Waals surface area (Å²) >= 11 is 3.43. The number of ether oxygens (including phenoxy) is 2. The molecule has 30 heavy (non-hydrogen) atoms. The van der Waals surface area contributed by atoms with Crippen LogP contribution in [0.25, 0.3) is 22.6 Å². The molecule has 0 aliphatic carbocycles. The van der Waals surface area contributed by atoms with Gasteiger partial charge < -0.3 is 19.2 Å². The number of amides is 1. The van der Waals surface area contributed by atoms with Crippen molar-refractivity contribution in [3.8, 4) is 23.0 Å². The molecular weight excluding hydrogens is 448 g/mol. The number of carbonyl (C=O) groups is 1. The highest BCUT2D eigenvalue weighted by Crippen LogP contribution is 2.30. The van der Waals surface area contributed by atoms with Gasteiger partial charge in [0, 0.05) is 21.8 Å². The summed E-state index contributed by atoms with van der Waals surface area (Å²) in [6.45, 7) is 1.89. The summed E-state index contributed by atoms with van der Waals surface area (Å²) in [6.07, 6.45) is 0. The number of halogens is 1. The summed E-state index contributed by atoms with van der Waals surface area (Å²) in [7, 11) is 3.16. The standard InChI is InChI=1S/C23H19BrN2O4/c1-13-10-15(24)11-18(21(13)29-3)22(27)25-16-6-4-14(5-7-16)23-26-19-12-17(28-2)8-9-20(19)30-23/h4-12H,1-3H3,(H,25,27). The van der Waals surface area contributed by atoms with E-state index in [1.165, 1.54) is 0 Å². The third-order valence-electron chi connectivity index (χ3n) is 4.67. The summed E-state index contributed by atoms with van der Waals surface area (Å²) in [5, 5.41) is 2.90. The van der Waals surface area contributed by atoms with Crippen LogP contribution < -0.4 is 14.8 Å². The van der Waals surface area contributed by atoms with Crippen LogP contribution in [0.2, 0.25) is 0 Å². The van der Waals surface area contributed by atoms with E-state index in [-0.39, 0.29) is 5.91 Å². The molecule has 7 heteroatoms. The Balaban J connectivity index is 1.56. The van der Waals surface area contributed by atoms with E-state index in [4.69, 9.17) is 13.9 Å². The quantitative estimate of drug-likeness (QED) is 0.400. The fourth-order valence-corrected chi connectivity index (χ4v) is 3.79. The van der Waals surface area contributed by atoms with Gasteiger partial charge in [-0.15, -0.1) is 0 Å². The van der Waals surface area contributed by atoms with E-state index in [0.29, 0.717) is 28.5 Å². The average molecular weight is 467 g/mol. The fraction of sp³-hybridized carbons (Fsp3) is 0.130. The van der Waals surface area contributed by atoms with Crippen LogP contribution in [-0.4, -0.2) is 25.1 Å². The molecule has 0 atom stereocenters. The predicted molar refractivity (Wildman–Crippen MR) is 119 cm³/mol. The highest BCUT2D eigenvalue weighted by Gasteiger charge is 2.16. The maximum Gasteiger partial charge on any atom is 0.259 e. The van der Waals surface area contributed by atoms with E-state index in [2.05, 4.69) is 26.2 Å². The van der Waals surface area contributed by atoms with Gasteiger partial charge in [0.1, 0.15) is 17.0 Å². The van der Waals surface area contributed by atoms with Gasteiger partial charge in [-0.1, -0.05) is 15.9 Å². The van der Waals surface area contributed by atoms with Gasteiger partial charge in [-0.3, -0.25) is 4.79 Å². The zero-order valence-corrected chi connectivity index (χ0v) is 18.2. The minimum atomic E-state index is -0.252. The lowest BCUT2D eigenvalue weighted by molar-refractivity contribution is 0.102. The summed E-state index contributed by atoms with van der Waals surface area (Å²) in [6, 6.07) is 16.4. The number of hydrogen-bond acceptors (Lipinski definition) is 5. The third-order valence-corrected chi connectivity index (χ3v) is 5.13. The van der Waals surface area contributed by atoms with Gasteiger partial charge >= 0.3 is 0 Å². The number of fused-ring (bicyclic) bond motifs is 1. The van der Waals surface area contributed by atoms with Crippen molar-refractivity contribution < 1.29 is 18.7 Å². The van der Waals surface area contributed by atoms with Crippen LogP contribution in [0.5, 0.6) is 11.5 Å². The second-order valence-corrected chi connectivity index (χ2v) is 7.60. The number of nitrogens with zero attached hydrogens (tertiary/aromatic N) is 1. The number of rotatable bonds is 5. The first-order valence-electron chi connectivity index (χ1n) is 9.19. The Hall–Kier alpha value is -3.32. The first-order valence-corrected chi connectivity index (χ1v) is 9.98. The molecule has 0 saturated heterocycles. The molecule has 1 heterocycles. The van der Waals surface area contributed by atoms with Crippen LogP contribution in [-0.2, 0) is 0 Å². The fourth-order valence-electron chi connectivity index (χ4n) is 3.22. The third kappa shape index (κ3) is 3.89. The maximum atomic E-state index is 12.8. The molecule has 0 radical (unpaired) electrons. The molecule has 0 unspecified atom stereocenters. The SMILES string of the molecule is COc1ccc2oc(-c3ccc(NC(=O)c4cc(Br)cc(C)c4OC)cc3)nc2c1. The van der Waals surface area contributed by atoms with E-state index in [1.54, 1.807) is 32.4 Å². The van der Waals surface area contributed by atoms with E-state index >= 15 is 0 Å². The van der Waals surface area contributed by atoms with Crippen LogP contribution in [0, 0.1) is 6.92 Å². The molecule has 1 aromatic heterocycles. The van der Waals surface area contributed by atoms with E-state index < -0.39 is 0 Å². The number of aromatic nitrogens is 1. The Bertz CT molecular complexity index is 1230. The minimum Gasteiger partial charge on any atom is -0.497 e. The van der Waals surface area contributed by atoms with E-state index in [1.807, 2.05) is 43.3 Å². The molecule has 4 rings (SSSR count). The second-order valence-electron chi connectivity index (χ2n) is 6.69. The van der Waals surface area contributed by atoms with Gasteiger partial charge in [0.25, 0.3) is 5.91 Å². The highest BCUT2D eigenvalue weighted by molar-refractivity contribution is 9.10. The lowest BCUT2D eigenvalue weighted by atomic mass is 10.1. The lowest BCUT2D eigenvalue weighted by Gasteiger charge is -2.12. The van der Waals surface area contributed by atoms with Crippen molar-refractivity contribution in [3.05, 3.63) is 70.2 Å². The van der Waals surface area contributed by atoms with Crippen molar-refractivity contribution in [2.45, 2.75) is 6.92 Å². The van der Waals surface area contributed by atoms with Crippen LogP contribution in [0.15, 0.2) is 63.5 Å². The maximum absolute atomic E-state index is 12.8. The molecule has 152 valence electrons. The Morgan fingerprint density at radius 1 is 1.03 bits per heavy atom. The minimum absolute atomic E-state index is 0.252. The molecule has 1 N–H and O–H groups in total. The number of aryl methyl sites for hydroxylation is 1. The summed E-state index contributed by atoms with van der Waals surface area (Å²) in [5.41, 5.74) is 4.20. The molecule has 0 aliphatic rings. The number of hydrogen-bond donors (Lipinski definition) is 1. The number of benzene rings is 3. The predicted octanol–water partition coefficient (Wildman–Crippen LogP) is 5.84. The number of nitrogens with one attached hydrogen (secondary N) is 1. The Morgan fingerprint density at radius 3 is 2.50 bits per heavy atom. The smallest absolute Gasteiger partial charge is 0.259 e. The van der Waals surface area contributed by atoms with Crippen molar-refractivity contribution in [1.82, 2.24) is 4.98 Å². The lowest BCUT2D eigenvalue weighted by Crippen LogP contribution is -2.13. The number of methoxy groups -OCH3 is 2. The number of carbonyl (C=O) groups excluding carboxylic acids is 1. The topological polar surface area (TPSA) is 73.6 Å². The Kier molecular flexibility index (Phi) is 5.46. The van der Waals surface area contributed by atoms with Crippen molar-refractivity contribution in [3.63, 3.8) is 0 Å². The van der Waals surface area contributed by atoms with Crippen LogP contribution >= 0.6 is 15.9 Å². The second kappa shape index (κ2) is 8.20. The van der Waals surface area contributed by atoms with Gasteiger partial charge in [0.2, 0.25) is 5.89 Å². The molecule has 0 saturated carbocycles. The number of anilines is 1. The van der Waals surface area contributed by atoms with Crippen LogP contribution in [0.4, 0.5) is 5.69 Å². The van der Waals surface area contributed by atoms with Crippen LogP contribution in [0.3, 0.4) is 0 Å². The zero-order valence-electron chi connectivity index (χ0n) is 16.7. The van der Waals surface area contributed by atoms with Crippen molar-refractivity contribution in [1.29, 1.82) is 0 Å². The summed E-state index contributed by atoms with van der Waals surface area (Å²) < 4.78 is 17.3. The van der Waals surface area contributed by atoms with Gasteiger partial charge in [-0.05, 0) is 61.0 Å². The molecule has 3 aromatic carbocycles. The molecule has 1 amide bonds. The van der Waals surface area contributed by atoms with E-state index in [9.17, 15) is 4.79 Å². The van der Waals surface area contributed by atoms with Crippen molar-refractivity contribution in [2.75, 3.05) is 19.5 Å². The van der Waals surface area contributed by atoms with Gasteiger partial charge in [-0.2, -0.15) is 0 Å². The Labute approximate surface area is 182 Å². The molecular formula is C23H19BrN2O4. The highest BCUT2D eigenvalue weighted by atomic mass is 79.9. The van der Waals surface area contributed by atoms with Gasteiger partial charge in [0.05, 0.1) is 19.8 Å². The molecule has 0 spiro atoms. The monoisotopic (exact) mass is 466 g/mol. The van der Waals surface area contributed by atoms with Crippen molar-refractivity contribution in [2.24, 2.45) is 0 Å². The summed E-state index contributed by atoms with van der Waals surface area (Å²) in [5.74, 6) is 1.52. The number of oxazole rings is 1. The van der Waals surface area contributed by atoms with Crippen molar-refractivity contribution >= 4 is 38.6 Å². The van der Waals surface area contributed by atoms with Crippen LogP contribution in [0.1, 0.15) is 15.9 Å². The molecule has 4 aromatic rings. The zero-order chi connectivity index (χ0) is 21.3. The average Bonchev–Trinajstić information content (AvgIpc) is 3.17. The Morgan fingerprint density at radius 2 is 1.80 bits per heavy atom. The first kappa shape index (κ1) is 20.0. The molecule has 0 bridgehead atoms. The normalized spacial score (nSPS) is 10.8. The van der Waals surface area contributed by atoms with Gasteiger partial charge in [0.15, 0.2) is 5.58 Å². The molecule has 0 aliphatic heterocycles. The summed E-state index contributed by atoms with van der Waals surface area (Å²) in [4.78, 5) is 17.3. The largest absolute Gasteiger partial charge is 0.497 e. The first-order chi connectivity index (χ1) is 14.5. The van der Waals surface area contributed by atoms with E-state index in [0.717, 1.165) is 26.9 Å². The molecule has 0 fully saturated rings. The van der Waals surface area contributed by atoms with Gasteiger partial charge in [-0.25, -0.2) is 4.98 Å². The molecule has 6 nitrogen and oxygen atoms in total.